The minimum Gasteiger partial charge on any atom is -0.393 e. The van der Waals surface area contributed by atoms with E-state index in [1.54, 1.807) is 11.8 Å². The molecule has 1 fully saturated rings. The van der Waals surface area contributed by atoms with Gasteiger partial charge in [0.05, 0.1) is 17.6 Å². The molecule has 2 rings (SSSR count). The Bertz CT molecular complexity index is 456. The highest BCUT2D eigenvalue weighted by Crippen LogP contribution is 2.23. The minimum atomic E-state index is -0.256. The van der Waals surface area contributed by atoms with Crippen molar-refractivity contribution in [2.24, 2.45) is 5.92 Å². The summed E-state index contributed by atoms with van der Waals surface area (Å²) < 4.78 is 5.10. The number of hydrogen-bond acceptors (Lipinski definition) is 5. The average Bonchev–Trinajstić information content (AvgIpc) is 2.78. The van der Waals surface area contributed by atoms with Gasteiger partial charge in [-0.2, -0.15) is 0 Å². The monoisotopic (exact) mass is 312 g/mol. The van der Waals surface area contributed by atoms with Crippen LogP contribution in [0.1, 0.15) is 42.7 Å². The summed E-state index contributed by atoms with van der Waals surface area (Å²) in [5.41, 5.74) is 1.97. The molecule has 1 aliphatic carbocycles. The van der Waals surface area contributed by atoms with Crippen LogP contribution in [0, 0.1) is 19.8 Å². The fourth-order valence-electron chi connectivity index (χ4n) is 2.68. The van der Waals surface area contributed by atoms with Crippen LogP contribution in [0.2, 0.25) is 0 Å². The molecular weight excluding hydrogens is 288 g/mol. The molecule has 1 aromatic heterocycles. The maximum absolute atomic E-state index is 11.8. The van der Waals surface area contributed by atoms with Crippen LogP contribution in [-0.4, -0.2) is 34.6 Å². The van der Waals surface area contributed by atoms with E-state index in [1.807, 2.05) is 13.8 Å². The molecule has 1 heterocycles. The van der Waals surface area contributed by atoms with Crippen molar-refractivity contribution < 1.29 is 14.4 Å². The molecule has 118 valence electrons. The second-order valence-corrected chi connectivity index (χ2v) is 6.70. The van der Waals surface area contributed by atoms with Gasteiger partial charge in [0.1, 0.15) is 5.76 Å². The Morgan fingerprint density at radius 2 is 2.19 bits per heavy atom. The molecule has 0 aliphatic heterocycles. The molecule has 21 heavy (non-hydrogen) atoms. The summed E-state index contributed by atoms with van der Waals surface area (Å²) in [6.07, 6.45) is 3.86. The van der Waals surface area contributed by atoms with Gasteiger partial charge in [0.2, 0.25) is 5.91 Å². The fraction of sp³-hybridized carbons (Fsp3) is 0.733. The number of nitrogens with zero attached hydrogens (tertiary/aromatic N) is 1. The minimum absolute atomic E-state index is 0.0320. The molecule has 2 N–H and O–H groups in total. The third-order valence-electron chi connectivity index (χ3n) is 4.09. The zero-order valence-corrected chi connectivity index (χ0v) is 13.5. The molecule has 1 saturated carbocycles. The van der Waals surface area contributed by atoms with Crippen LogP contribution in [0.3, 0.4) is 0 Å². The molecule has 0 bridgehead atoms. The summed E-state index contributed by atoms with van der Waals surface area (Å²) in [7, 11) is 0. The van der Waals surface area contributed by atoms with Gasteiger partial charge in [0.25, 0.3) is 0 Å². The van der Waals surface area contributed by atoms with Crippen LogP contribution in [0.4, 0.5) is 0 Å². The van der Waals surface area contributed by atoms with E-state index < -0.39 is 0 Å². The first kappa shape index (κ1) is 16.4. The summed E-state index contributed by atoms with van der Waals surface area (Å²) in [6.45, 7) is 4.39. The predicted molar refractivity (Wildman–Crippen MR) is 83.1 cm³/mol. The van der Waals surface area contributed by atoms with Crippen LogP contribution < -0.4 is 5.32 Å². The van der Waals surface area contributed by atoms with Crippen LogP contribution in [0.25, 0.3) is 0 Å². The van der Waals surface area contributed by atoms with E-state index in [1.165, 1.54) is 0 Å². The van der Waals surface area contributed by atoms with Gasteiger partial charge in [-0.15, -0.1) is 11.8 Å². The van der Waals surface area contributed by atoms with Gasteiger partial charge in [0.15, 0.2) is 0 Å². The summed E-state index contributed by atoms with van der Waals surface area (Å²) in [6, 6.07) is 0. The maximum atomic E-state index is 11.8. The number of amides is 1. The van der Waals surface area contributed by atoms with Gasteiger partial charge in [0, 0.05) is 23.8 Å². The number of carbonyl (C=O) groups excluding carboxylic acids is 1. The lowest BCUT2D eigenvalue weighted by atomic mass is 9.86. The van der Waals surface area contributed by atoms with E-state index in [0.717, 1.165) is 48.5 Å². The lowest BCUT2D eigenvalue weighted by Crippen LogP contribution is -2.37. The number of aromatic nitrogens is 1. The number of thioether (sulfide) groups is 1. The van der Waals surface area contributed by atoms with Crippen LogP contribution in [0.15, 0.2) is 4.52 Å². The van der Waals surface area contributed by atoms with E-state index in [-0.39, 0.29) is 17.9 Å². The number of nitrogens with one attached hydrogen (secondary N) is 1. The van der Waals surface area contributed by atoms with Gasteiger partial charge in [-0.1, -0.05) is 18.0 Å². The zero-order chi connectivity index (χ0) is 15.2. The Morgan fingerprint density at radius 1 is 1.43 bits per heavy atom. The summed E-state index contributed by atoms with van der Waals surface area (Å²) >= 11 is 1.56. The molecule has 1 aliphatic rings. The highest BCUT2D eigenvalue weighted by Gasteiger charge is 2.23. The van der Waals surface area contributed by atoms with Crippen molar-refractivity contribution in [1.29, 1.82) is 0 Å². The third kappa shape index (κ3) is 4.74. The average molecular weight is 312 g/mol. The summed E-state index contributed by atoms with van der Waals surface area (Å²) in [5.74, 6) is 2.23. The number of aryl methyl sites for hydroxylation is 2. The molecule has 2 unspecified atom stereocenters. The van der Waals surface area contributed by atoms with E-state index >= 15 is 0 Å². The molecule has 5 nitrogen and oxygen atoms in total. The predicted octanol–water partition coefficient (Wildman–Crippen LogP) is 2.19. The Hall–Kier alpha value is -1.01. The molecule has 0 spiro atoms. The topological polar surface area (TPSA) is 75.4 Å². The summed E-state index contributed by atoms with van der Waals surface area (Å²) in [5, 5.41) is 16.7. The lowest BCUT2D eigenvalue weighted by molar-refractivity contribution is -0.119. The van der Waals surface area contributed by atoms with Crippen molar-refractivity contribution in [1.82, 2.24) is 10.5 Å². The molecule has 0 aromatic carbocycles. The second-order valence-electron chi connectivity index (χ2n) is 5.71. The number of carbonyl (C=O) groups is 1. The van der Waals surface area contributed by atoms with Crippen molar-refractivity contribution in [3.8, 4) is 0 Å². The van der Waals surface area contributed by atoms with Crippen molar-refractivity contribution in [3.05, 3.63) is 17.0 Å². The lowest BCUT2D eigenvalue weighted by Gasteiger charge is -2.27. The largest absolute Gasteiger partial charge is 0.393 e. The molecule has 6 heteroatoms. The van der Waals surface area contributed by atoms with Gasteiger partial charge in [-0.05, 0) is 26.7 Å². The quantitative estimate of drug-likeness (QED) is 0.842. The Morgan fingerprint density at radius 3 is 2.86 bits per heavy atom. The van der Waals surface area contributed by atoms with Crippen molar-refractivity contribution >= 4 is 17.7 Å². The number of aliphatic hydroxyl groups is 1. The van der Waals surface area contributed by atoms with E-state index in [0.29, 0.717) is 12.3 Å². The molecule has 1 aromatic rings. The van der Waals surface area contributed by atoms with Gasteiger partial charge >= 0.3 is 0 Å². The van der Waals surface area contributed by atoms with Crippen molar-refractivity contribution in [2.45, 2.75) is 51.4 Å². The van der Waals surface area contributed by atoms with Gasteiger partial charge in [-0.3, -0.25) is 4.79 Å². The number of aliphatic hydroxyl groups excluding tert-OH is 1. The smallest absolute Gasteiger partial charge is 0.230 e. The zero-order valence-electron chi connectivity index (χ0n) is 12.7. The molecule has 2 atom stereocenters. The first-order valence-electron chi connectivity index (χ1n) is 7.52. The van der Waals surface area contributed by atoms with E-state index in [2.05, 4.69) is 10.5 Å². The van der Waals surface area contributed by atoms with Crippen molar-refractivity contribution in [3.63, 3.8) is 0 Å². The Kier molecular flexibility index (Phi) is 6.11. The Balaban J connectivity index is 1.66. The maximum Gasteiger partial charge on any atom is 0.230 e. The highest BCUT2D eigenvalue weighted by atomic mass is 32.2. The number of hydrogen-bond donors (Lipinski definition) is 2. The molecule has 1 amide bonds. The summed E-state index contributed by atoms with van der Waals surface area (Å²) in [4.78, 5) is 11.8. The fourth-order valence-corrected chi connectivity index (χ4v) is 3.68. The standard InChI is InChI=1S/C15H24N2O3S/c1-10-13(11(2)20-17-10)8-21-9-15(19)16-7-12-5-3-4-6-14(12)18/h12,14,18H,3-9H2,1-2H3,(H,16,19). The highest BCUT2D eigenvalue weighted by molar-refractivity contribution is 7.99. The van der Waals surface area contributed by atoms with Crippen LogP contribution in [0.5, 0.6) is 0 Å². The number of rotatable bonds is 6. The normalized spacial score (nSPS) is 22.2. The van der Waals surface area contributed by atoms with Gasteiger partial charge < -0.3 is 14.9 Å². The first-order chi connectivity index (χ1) is 10.1. The SMILES string of the molecule is Cc1noc(C)c1CSCC(=O)NCC1CCCCC1O. The first-order valence-corrected chi connectivity index (χ1v) is 8.67. The van der Waals surface area contributed by atoms with Crippen LogP contribution >= 0.6 is 11.8 Å². The third-order valence-corrected chi connectivity index (χ3v) is 5.05. The van der Waals surface area contributed by atoms with Crippen LogP contribution in [-0.2, 0) is 10.5 Å². The Labute approximate surface area is 129 Å². The van der Waals surface area contributed by atoms with E-state index in [4.69, 9.17) is 4.52 Å². The second kappa shape index (κ2) is 7.84. The van der Waals surface area contributed by atoms with Gasteiger partial charge in [-0.25, -0.2) is 0 Å². The van der Waals surface area contributed by atoms with E-state index in [9.17, 15) is 9.90 Å². The molecule has 0 saturated heterocycles. The molecular formula is C15H24N2O3S. The van der Waals surface area contributed by atoms with Crippen molar-refractivity contribution in [2.75, 3.05) is 12.3 Å². The molecule has 0 radical (unpaired) electrons.